The first-order valence-electron chi connectivity index (χ1n) is 5.42. The molecule has 0 aliphatic carbocycles. The molecule has 3 heterocycles. The monoisotopic (exact) mass is 223 g/mol. The number of hydrogen-bond donors (Lipinski definition) is 2. The minimum Gasteiger partial charge on any atom is -0.385 e. The molecule has 3 unspecified atom stereocenters. The number of fused-ring (bicyclic) bond motifs is 2. The molecule has 3 N–H and O–H groups in total. The predicted molar refractivity (Wildman–Crippen MR) is 57.3 cm³/mol. The van der Waals surface area contributed by atoms with Crippen LogP contribution in [0, 0.1) is 0 Å². The molecule has 0 aromatic carbocycles. The molecule has 2 aliphatic heterocycles. The van der Waals surface area contributed by atoms with Crippen molar-refractivity contribution >= 4 is 5.82 Å². The van der Waals surface area contributed by atoms with Crippen LogP contribution >= 0.6 is 0 Å². The van der Waals surface area contributed by atoms with Gasteiger partial charge >= 0.3 is 5.69 Å². The van der Waals surface area contributed by atoms with Gasteiger partial charge in [0.05, 0.1) is 18.2 Å². The van der Waals surface area contributed by atoms with Gasteiger partial charge in [-0.15, -0.1) is 0 Å². The third-order valence-electron chi connectivity index (χ3n) is 3.41. The molecule has 2 saturated heterocycles. The van der Waals surface area contributed by atoms with Gasteiger partial charge in [-0.3, -0.25) is 14.3 Å². The molecule has 0 amide bonds. The van der Waals surface area contributed by atoms with Crippen molar-refractivity contribution in [2.45, 2.75) is 37.5 Å². The number of ether oxygens (including phenoxy) is 1. The molecule has 1 aromatic heterocycles. The van der Waals surface area contributed by atoms with Crippen LogP contribution in [0.15, 0.2) is 15.7 Å². The summed E-state index contributed by atoms with van der Waals surface area (Å²) in [5.74, 6) is 0.218. The van der Waals surface area contributed by atoms with E-state index >= 15 is 0 Å². The molecule has 16 heavy (non-hydrogen) atoms. The highest BCUT2D eigenvalue weighted by Gasteiger charge is 2.42. The van der Waals surface area contributed by atoms with Gasteiger partial charge in [-0.2, -0.15) is 0 Å². The molecule has 0 spiro atoms. The maximum atomic E-state index is 11.7. The Morgan fingerprint density at radius 1 is 1.44 bits per heavy atom. The van der Waals surface area contributed by atoms with E-state index < -0.39 is 11.2 Å². The molecule has 3 atom stereocenters. The average Bonchev–Trinajstić information content (AvgIpc) is 2.77. The average molecular weight is 223 g/mol. The highest BCUT2D eigenvalue weighted by Crippen LogP contribution is 2.41. The molecule has 0 saturated carbocycles. The Hall–Kier alpha value is -1.56. The van der Waals surface area contributed by atoms with E-state index in [4.69, 9.17) is 10.5 Å². The fourth-order valence-electron chi connectivity index (χ4n) is 2.75. The van der Waals surface area contributed by atoms with Crippen molar-refractivity contribution in [1.82, 2.24) is 9.55 Å². The number of hydrogen-bond acceptors (Lipinski definition) is 4. The van der Waals surface area contributed by atoms with Gasteiger partial charge in [-0.1, -0.05) is 0 Å². The van der Waals surface area contributed by atoms with E-state index in [0.29, 0.717) is 0 Å². The standard InChI is InChI=1S/C10H13N3O3/c11-8-4-9(14)12-10(15)13(8)6-3-5-1-2-7(6)16-5/h4-7H,1-3,11H2,(H,12,14,15). The Labute approximate surface area is 91.0 Å². The lowest BCUT2D eigenvalue weighted by Gasteiger charge is -2.22. The van der Waals surface area contributed by atoms with Crippen LogP contribution < -0.4 is 17.0 Å². The minimum absolute atomic E-state index is 0.0249. The van der Waals surface area contributed by atoms with Crippen LogP contribution in [0.25, 0.3) is 0 Å². The number of nitrogens with one attached hydrogen (secondary N) is 1. The number of rotatable bonds is 1. The fraction of sp³-hybridized carbons (Fsp3) is 0.600. The molecule has 0 radical (unpaired) electrons. The Kier molecular flexibility index (Phi) is 1.94. The number of H-pyrrole nitrogens is 1. The zero-order valence-electron chi connectivity index (χ0n) is 8.68. The fourth-order valence-corrected chi connectivity index (χ4v) is 2.75. The predicted octanol–water partition coefficient (Wildman–Crippen LogP) is -0.389. The molecule has 2 aliphatic rings. The summed E-state index contributed by atoms with van der Waals surface area (Å²) in [7, 11) is 0. The van der Waals surface area contributed by atoms with Crippen molar-refractivity contribution in [3.8, 4) is 0 Å². The number of nitrogens with zero attached hydrogens (tertiary/aromatic N) is 1. The van der Waals surface area contributed by atoms with Crippen LogP contribution in [0.4, 0.5) is 5.82 Å². The van der Waals surface area contributed by atoms with Gasteiger partial charge in [0, 0.05) is 6.07 Å². The molecule has 6 nitrogen and oxygen atoms in total. The second-order valence-corrected chi connectivity index (χ2v) is 4.41. The highest BCUT2D eigenvalue weighted by atomic mass is 16.5. The lowest BCUT2D eigenvalue weighted by atomic mass is 9.95. The summed E-state index contributed by atoms with van der Waals surface area (Å²) in [4.78, 5) is 25.0. The Morgan fingerprint density at radius 3 is 2.81 bits per heavy atom. The summed E-state index contributed by atoms with van der Waals surface area (Å²) in [6.07, 6.45) is 3.13. The van der Waals surface area contributed by atoms with Gasteiger partial charge < -0.3 is 10.5 Å². The Balaban J connectivity index is 2.07. The van der Waals surface area contributed by atoms with Crippen molar-refractivity contribution in [2.75, 3.05) is 5.73 Å². The van der Waals surface area contributed by atoms with Gasteiger partial charge in [-0.25, -0.2) is 4.79 Å². The normalized spacial score (nSPS) is 32.1. The Morgan fingerprint density at radius 2 is 2.25 bits per heavy atom. The topological polar surface area (TPSA) is 90.1 Å². The Bertz CT molecular complexity index is 533. The molecular weight excluding hydrogens is 210 g/mol. The maximum absolute atomic E-state index is 11.7. The quantitative estimate of drug-likeness (QED) is 0.678. The molecule has 2 fully saturated rings. The first kappa shape index (κ1) is 9.65. The van der Waals surface area contributed by atoms with Gasteiger partial charge in [0.25, 0.3) is 5.56 Å². The van der Waals surface area contributed by atoms with Crippen LogP contribution in [0.1, 0.15) is 25.3 Å². The first-order chi connectivity index (χ1) is 7.65. The van der Waals surface area contributed by atoms with Crippen LogP contribution in [-0.4, -0.2) is 21.8 Å². The van der Waals surface area contributed by atoms with E-state index in [0.717, 1.165) is 19.3 Å². The molecule has 1 aromatic rings. The van der Waals surface area contributed by atoms with Crippen molar-refractivity contribution in [1.29, 1.82) is 0 Å². The first-order valence-corrected chi connectivity index (χ1v) is 5.42. The van der Waals surface area contributed by atoms with E-state index in [1.165, 1.54) is 10.6 Å². The summed E-state index contributed by atoms with van der Waals surface area (Å²) in [5.41, 5.74) is 4.83. The molecule has 3 rings (SSSR count). The SMILES string of the molecule is Nc1cc(=O)[nH]c(=O)n1C1CC2CCC1O2. The lowest BCUT2D eigenvalue weighted by Crippen LogP contribution is -2.37. The van der Waals surface area contributed by atoms with Crippen molar-refractivity contribution in [3.63, 3.8) is 0 Å². The lowest BCUT2D eigenvalue weighted by molar-refractivity contribution is 0.0935. The summed E-state index contributed by atoms with van der Waals surface area (Å²) in [5, 5.41) is 0. The number of aromatic amines is 1. The van der Waals surface area contributed by atoms with Crippen molar-refractivity contribution in [2.24, 2.45) is 0 Å². The van der Waals surface area contributed by atoms with Crippen LogP contribution in [0.2, 0.25) is 0 Å². The molecule has 6 heteroatoms. The van der Waals surface area contributed by atoms with Crippen LogP contribution in [0.5, 0.6) is 0 Å². The van der Waals surface area contributed by atoms with E-state index in [2.05, 4.69) is 4.98 Å². The van der Waals surface area contributed by atoms with E-state index in [9.17, 15) is 9.59 Å². The number of nitrogen functional groups attached to an aromatic ring is 1. The van der Waals surface area contributed by atoms with E-state index in [-0.39, 0.29) is 24.1 Å². The van der Waals surface area contributed by atoms with Gasteiger partial charge in [0.1, 0.15) is 5.82 Å². The zero-order valence-corrected chi connectivity index (χ0v) is 8.68. The molecule has 2 bridgehead atoms. The third kappa shape index (κ3) is 1.30. The van der Waals surface area contributed by atoms with Gasteiger partial charge in [-0.05, 0) is 19.3 Å². The highest BCUT2D eigenvalue weighted by molar-refractivity contribution is 5.27. The van der Waals surface area contributed by atoms with Crippen molar-refractivity contribution < 1.29 is 4.74 Å². The zero-order chi connectivity index (χ0) is 11.3. The summed E-state index contributed by atoms with van der Waals surface area (Å²) >= 11 is 0. The summed E-state index contributed by atoms with van der Waals surface area (Å²) < 4.78 is 7.12. The maximum Gasteiger partial charge on any atom is 0.330 e. The van der Waals surface area contributed by atoms with Crippen molar-refractivity contribution in [3.05, 3.63) is 26.9 Å². The van der Waals surface area contributed by atoms with Gasteiger partial charge in [0.2, 0.25) is 0 Å². The number of aromatic nitrogens is 2. The van der Waals surface area contributed by atoms with Crippen LogP contribution in [-0.2, 0) is 4.74 Å². The van der Waals surface area contributed by atoms with Gasteiger partial charge in [0.15, 0.2) is 0 Å². The number of nitrogens with two attached hydrogens (primary N) is 1. The summed E-state index contributed by atoms with van der Waals surface area (Å²) in [6.45, 7) is 0. The number of anilines is 1. The van der Waals surface area contributed by atoms with E-state index in [1.54, 1.807) is 0 Å². The second kappa shape index (κ2) is 3.21. The minimum atomic E-state index is -0.456. The van der Waals surface area contributed by atoms with E-state index in [1.807, 2.05) is 0 Å². The largest absolute Gasteiger partial charge is 0.385 e. The molecule has 86 valence electrons. The van der Waals surface area contributed by atoms with Crippen LogP contribution in [0.3, 0.4) is 0 Å². The smallest absolute Gasteiger partial charge is 0.330 e. The summed E-state index contributed by atoms with van der Waals surface area (Å²) in [6, 6.07) is 1.22. The second-order valence-electron chi connectivity index (χ2n) is 4.41. The molecular formula is C10H13N3O3. The third-order valence-corrected chi connectivity index (χ3v) is 3.41.